The molecule has 76 valence electrons. The van der Waals surface area contributed by atoms with Gasteiger partial charge in [0.05, 0.1) is 0 Å². The van der Waals surface area contributed by atoms with Gasteiger partial charge in [0.1, 0.15) is 0 Å². The Kier molecular flexibility index (Phi) is 3.65. The first-order chi connectivity index (χ1) is 7.31. The molecule has 2 rings (SSSR count). The molecule has 0 heterocycles. The van der Waals surface area contributed by atoms with Crippen molar-refractivity contribution >= 4 is 34.2 Å². The molecule has 0 N–H and O–H groups in total. The molecule has 0 aromatic heterocycles. The summed E-state index contributed by atoms with van der Waals surface area (Å²) in [6.45, 7) is 0. The average molecular weight is 329 g/mol. The summed E-state index contributed by atoms with van der Waals surface area (Å²) in [6, 6.07) is 16.5. The normalized spacial score (nSPS) is 10.3. The Bertz CT molecular complexity index is 451. The van der Waals surface area contributed by atoms with E-state index in [-0.39, 0.29) is 0 Å². The molecule has 0 nitrogen and oxygen atoms in total. The zero-order valence-electron chi connectivity index (χ0n) is 8.08. The number of hydrogen-bond donors (Lipinski definition) is 0. The molecule has 15 heavy (non-hydrogen) atoms. The van der Waals surface area contributed by atoms with Gasteiger partial charge in [0.2, 0.25) is 0 Å². The number of rotatable bonds is 2. The maximum Gasteiger partial charge on any atom is 0.0409 e. The van der Waals surface area contributed by atoms with Crippen LogP contribution >= 0.6 is 34.2 Å². The third-order valence-corrected chi connectivity index (χ3v) is 3.35. The first-order valence-electron chi connectivity index (χ1n) is 4.71. The largest absolute Gasteiger partial charge is 0.0843 e. The molecule has 0 unspecified atom stereocenters. The molecule has 0 saturated carbocycles. The molecule has 0 amide bonds. The van der Waals surface area contributed by atoms with E-state index in [1.807, 2.05) is 18.2 Å². The molecular weight excluding hydrogens is 318 g/mol. The molecule has 2 aromatic carbocycles. The summed E-state index contributed by atoms with van der Waals surface area (Å²) in [4.78, 5) is 0. The summed E-state index contributed by atoms with van der Waals surface area (Å²) in [6.07, 6.45) is 0. The van der Waals surface area contributed by atoms with Crippen molar-refractivity contribution in [2.45, 2.75) is 4.43 Å². The second-order valence-corrected chi connectivity index (χ2v) is 4.50. The van der Waals surface area contributed by atoms with E-state index in [2.05, 4.69) is 52.9 Å². The molecule has 2 heteroatoms. The highest BCUT2D eigenvalue weighted by Crippen LogP contribution is 2.27. The minimum atomic E-state index is 0.807. The molecule has 0 saturated heterocycles. The highest BCUT2D eigenvalue weighted by Gasteiger charge is 2.03. The summed E-state index contributed by atoms with van der Waals surface area (Å²) in [5, 5.41) is 0.807. The van der Waals surface area contributed by atoms with Gasteiger partial charge in [0.15, 0.2) is 0 Å². The molecule has 0 aliphatic heterocycles. The van der Waals surface area contributed by atoms with E-state index in [1.54, 1.807) is 0 Å². The van der Waals surface area contributed by atoms with E-state index in [0.717, 1.165) is 9.45 Å². The summed E-state index contributed by atoms with van der Waals surface area (Å²) in [5.74, 6) is 0. The van der Waals surface area contributed by atoms with Gasteiger partial charge >= 0.3 is 0 Å². The van der Waals surface area contributed by atoms with Crippen molar-refractivity contribution in [2.75, 3.05) is 0 Å². The van der Waals surface area contributed by atoms with Crippen molar-refractivity contribution in [1.82, 2.24) is 0 Å². The van der Waals surface area contributed by atoms with Gasteiger partial charge in [-0.05, 0) is 28.8 Å². The highest BCUT2D eigenvalue weighted by molar-refractivity contribution is 14.1. The van der Waals surface area contributed by atoms with Gasteiger partial charge in [-0.25, -0.2) is 0 Å². The van der Waals surface area contributed by atoms with Crippen molar-refractivity contribution in [1.29, 1.82) is 0 Å². The van der Waals surface area contributed by atoms with E-state index < -0.39 is 0 Å². The predicted molar refractivity (Wildman–Crippen MR) is 74.6 cm³/mol. The number of alkyl halides is 1. The van der Waals surface area contributed by atoms with Crippen molar-refractivity contribution in [2.24, 2.45) is 0 Å². The quantitative estimate of drug-likeness (QED) is 0.541. The van der Waals surface area contributed by atoms with Crippen molar-refractivity contribution in [3.63, 3.8) is 0 Å². The van der Waals surface area contributed by atoms with E-state index >= 15 is 0 Å². The van der Waals surface area contributed by atoms with Crippen molar-refractivity contribution in [3.8, 4) is 11.1 Å². The first-order valence-corrected chi connectivity index (χ1v) is 6.61. The number of halogens is 2. The fourth-order valence-corrected chi connectivity index (χ4v) is 2.40. The second kappa shape index (κ2) is 4.99. The van der Waals surface area contributed by atoms with Crippen LogP contribution in [0.1, 0.15) is 5.56 Å². The lowest BCUT2D eigenvalue weighted by atomic mass is 10.0. The van der Waals surface area contributed by atoms with Gasteiger partial charge in [-0.1, -0.05) is 70.6 Å². The Morgan fingerprint density at radius 2 is 1.73 bits per heavy atom. The first kappa shape index (κ1) is 11.0. The topological polar surface area (TPSA) is 0 Å². The SMILES string of the molecule is Clc1ccc(-c2ccccc2)c(CI)c1. The maximum absolute atomic E-state index is 5.98. The fraction of sp³-hybridized carbons (Fsp3) is 0.0769. The van der Waals surface area contributed by atoms with Crippen LogP contribution in [-0.4, -0.2) is 0 Å². The van der Waals surface area contributed by atoms with Crippen LogP contribution in [0.3, 0.4) is 0 Å². The van der Waals surface area contributed by atoms with Crippen LogP contribution in [0.5, 0.6) is 0 Å². The third kappa shape index (κ3) is 2.52. The zero-order valence-corrected chi connectivity index (χ0v) is 11.0. The minimum Gasteiger partial charge on any atom is -0.0843 e. The summed E-state index contributed by atoms with van der Waals surface area (Å²) in [5.41, 5.74) is 3.81. The van der Waals surface area contributed by atoms with Crippen molar-refractivity contribution in [3.05, 3.63) is 59.1 Å². The van der Waals surface area contributed by atoms with Crippen molar-refractivity contribution < 1.29 is 0 Å². The molecule has 0 radical (unpaired) electrons. The van der Waals surface area contributed by atoms with Gasteiger partial charge in [0, 0.05) is 9.45 Å². The van der Waals surface area contributed by atoms with Gasteiger partial charge in [-0.3, -0.25) is 0 Å². The predicted octanol–water partition coefficient (Wildman–Crippen LogP) is 4.94. The Labute approximate surface area is 108 Å². The maximum atomic E-state index is 5.98. The van der Waals surface area contributed by atoms with Gasteiger partial charge in [0.25, 0.3) is 0 Å². The Balaban J connectivity index is 2.53. The molecule has 0 atom stereocenters. The van der Waals surface area contributed by atoms with E-state index in [9.17, 15) is 0 Å². The Morgan fingerprint density at radius 3 is 2.40 bits per heavy atom. The highest BCUT2D eigenvalue weighted by atomic mass is 127. The zero-order chi connectivity index (χ0) is 10.7. The minimum absolute atomic E-state index is 0.807. The molecule has 0 bridgehead atoms. The summed E-state index contributed by atoms with van der Waals surface area (Å²) < 4.78 is 0.975. The Hall–Kier alpha value is -0.540. The standard InChI is InChI=1S/C13H10ClI/c14-12-6-7-13(11(8-12)9-15)10-4-2-1-3-5-10/h1-8H,9H2. The van der Waals surface area contributed by atoms with Crippen LogP contribution in [0, 0.1) is 0 Å². The monoisotopic (exact) mass is 328 g/mol. The molecule has 0 aliphatic carbocycles. The van der Waals surface area contributed by atoms with Crippen LogP contribution in [0.25, 0.3) is 11.1 Å². The summed E-state index contributed by atoms with van der Waals surface area (Å²) >= 11 is 8.34. The fourth-order valence-electron chi connectivity index (χ4n) is 1.57. The Morgan fingerprint density at radius 1 is 1.00 bits per heavy atom. The summed E-state index contributed by atoms with van der Waals surface area (Å²) in [7, 11) is 0. The molecular formula is C13H10ClI. The van der Waals surface area contributed by atoms with Gasteiger partial charge in [-0.2, -0.15) is 0 Å². The lowest BCUT2D eigenvalue weighted by Crippen LogP contribution is -1.85. The molecule has 0 aliphatic rings. The van der Waals surface area contributed by atoms with Gasteiger partial charge in [-0.15, -0.1) is 0 Å². The van der Waals surface area contributed by atoms with Crippen LogP contribution in [0.15, 0.2) is 48.5 Å². The van der Waals surface area contributed by atoms with Gasteiger partial charge < -0.3 is 0 Å². The van der Waals surface area contributed by atoms with E-state index in [4.69, 9.17) is 11.6 Å². The molecule has 0 fully saturated rings. The lowest BCUT2D eigenvalue weighted by molar-refractivity contribution is 1.44. The molecule has 0 spiro atoms. The second-order valence-electron chi connectivity index (χ2n) is 3.30. The van der Waals surface area contributed by atoms with E-state index in [0.29, 0.717) is 0 Å². The van der Waals surface area contributed by atoms with Crippen LogP contribution in [-0.2, 0) is 4.43 Å². The van der Waals surface area contributed by atoms with E-state index in [1.165, 1.54) is 16.7 Å². The molecule has 2 aromatic rings. The lowest BCUT2D eigenvalue weighted by Gasteiger charge is -2.07. The van der Waals surface area contributed by atoms with Crippen LogP contribution < -0.4 is 0 Å². The average Bonchev–Trinajstić information content (AvgIpc) is 2.30. The van der Waals surface area contributed by atoms with Crippen LogP contribution in [0.4, 0.5) is 0 Å². The third-order valence-electron chi connectivity index (χ3n) is 2.30. The number of benzene rings is 2. The smallest absolute Gasteiger partial charge is 0.0409 e. The van der Waals surface area contributed by atoms with Crippen LogP contribution in [0.2, 0.25) is 5.02 Å². The number of hydrogen-bond acceptors (Lipinski definition) is 0.